The molecule has 0 aromatic heterocycles. The maximum absolute atomic E-state index is 12.2. The van der Waals surface area contributed by atoms with Gasteiger partial charge in [0, 0.05) is 25.3 Å². The monoisotopic (exact) mass is 598 g/mol. The SMILES string of the molecule is CC(=O)[C@H](C)CCCCNC(=O)CCCS(=O)(=O)CC(=O)CCCCCCCCCCCCCCCC1=NNNC1. The highest BCUT2D eigenvalue weighted by Gasteiger charge is 2.17. The summed E-state index contributed by atoms with van der Waals surface area (Å²) >= 11 is 0. The molecule has 0 aromatic rings. The zero-order chi connectivity index (χ0) is 30.2. The van der Waals surface area contributed by atoms with Crippen molar-refractivity contribution < 1.29 is 22.8 Å². The first-order valence-corrected chi connectivity index (χ1v) is 18.0. The normalized spacial score (nSPS) is 14.0. The number of rotatable bonds is 28. The van der Waals surface area contributed by atoms with Gasteiger partial charge in [0.15, 0.2) is 9.84 Å². The quantitative estimate of drug-likeness (QED) is 0.100. The van der Waals surface area contributed by atoms with Crippen LogP contribution >= 0.6 is 0 Å². The van der Waals surface area contributed by atoms with Crippen LogP contribution in [0.2, 0.25) is 0 Å². The largest absolute Gasteiger partial charge is 0.356 e. The van der Waals surface area contributed by atoms with Gasteiger partial charge in [0.1, 0.15) is 17.3 Å². The van der Waals surface area contributed by atoms with Crippen molar-refractivity contribution in [1.29, 1.82) is 0 Å². The fourth-order valence-corrected chi connectivity index (χ4v) is 6.34. The molecule has 0 spiro atoms. The van der Waals surface area contributed by atoms with Crippen molar-refractivity contribution in [2.24, 2.45) is 11.0 Å². The Hall–Kier alpha value is -1.81. The predicted molar refractivity (Wildman–Crippen MR) is 167 cm³/mol. The van der Waals surface area contributed by atoms with Gasteiger partial charge in [0.05, 0.1) is 18.0 Å². The molecular weight excluding hydrogens is 540 g/mol. The average molecular weight is 599 g/mol. The molecule has 0 unspecified atom stereocenters. The Kier molecular flexibility index (Phi) is 21.5. The molecule has 0 radical (unpaired) electrons. The molecular formula is C31H58N4O5S. The van der Waals surface area contributed by atoms with E-state index in [1.54, 1.807) is 6.92 Å². The molecule has 0 saturated carbocycles. The summed E-state index contributed by atoms with van der Waals surface area (Å²) in [6, 6.07) is 0. The van der Waals surface area contributed by atoms with Crippen molar-refractivity contribution in [2.45, 2.75) is 142 Å². The summed E-state index contributed by atoms with van der Waals surface area (Å²) in [5.74, 6) is -0.689. The minimum absolute atomic E-state index is 0.0496. The lowest BCUT2D eigenvalue weighted by Crippen LogP contribution is -2.25. The molecule has 1 aliphatic rings. The lowest BCUT2D eigenvalue weighted by molar-refractivity contribution is -0.121. The summed E-state index contributed by atoms with van der Waals surface area (Å²) in [6.45, 7) is 4.90. The van der Waals surface area contributed by atoms with Gasteiger partial charge >= 0.3 is 0 Å². The van der Waals surface area contributed by atoms with Gasteiger partial charge in [0.2, 0.25) is 5.91 Å². The molecule has 3 N–H and O–H groups in total. The number of nitrogens with zero attached hydrogens (tertiary/aromatic N) is 1. The number of unbranched alkanes of at least 4 members (excludes halogenated alkanes) is 13. The first-order chi connectivity index (χ1) is 19.7. The highest BCUT2D eigenvalue weighted by atomic mass is 32.2. The molecule has 0 bridgehead atoms. The fourth-order valence-electron chi connectivity index (χ4n) is 4.98. The summed E-state index contributed by atoms with van der Waals surface area (Å²) in [6.07, 6.45) is 19.9. The Morgan fingerprint density at radius 2 is 1.39 bits per heavy atom. The zero-order valence-electron chi connectivity index (χ0n) is 25.9. The molecule has 0 aliphatic carbocycles. The fraction of sp³-hybridized carbons (Fsp3) is 0.871. The summed E-state index contributed by atoms with van der Waals surface area (Å²) in [5.41, 5.74) is 7.02. The molecule has 9 nitrogen and oxygen atoms in total. The van der Waals surface area contributed by atoms with Gasteiger partial charge in [-0.25, -0.2) is 19.4 Å². The van der Waals surface area contributed by atoms with Crippen LogP contribution in [0.3, 0.4) is 0 Å². The molecule has 1 atom stereocenters. The second-order valence-electron chi connectivity index (χ2n) is 11.8. The number of hydrazone groups is 1. The number of ketones is 2. The van der Waals surface area contributed by atoms with Crippen LogP contribution in [-0.2, 0) is 24.2 Å². The highest BCUT2D eigenvalue weighted by molar-refractivity contribution is 7.92. The number of hydrogen-bond donors (Lipinski definition) is 3. The van der Waals surface area contributed by atoms with Crippen LogP contribution < -0.4 is 16.3 Å². The molecule has 1 aliphatic heterocycles. The van der Waals surface area contributed by atoms with Gasteiger partial charge in [-0.3, -0.25) is 14.4 Å². The molecule has 238 valence electrons. The van der Waals surface area contributed by atoms with Crippen molar-refractivity contribution in [3.8, 4) is 0 Å². The number of sulfone groups is 1. The van der Waals surface area contributed by atoms with Crippen LogP contribution in [0.15, 0.2) is 5.10 Å². The number of carbonyl (C=O) groups is 3. The van der Waals surface area contributed by atoms with Gasteiger partial charge < -0.3 is 5.32 Å². The minimum atomic E-state index is -3.47. The van der Waals surface area contributed by atoms with E-state index >= 15 is 0 Å². The average Bonchev–Trinajstić information content (AvgIpc) is 3.43. The third-order valence-electron chi connectivity index (χ3n) is 7.83. The lowest BCUT2D eigenvalue weighted by atomic mass is 10.0. The van der Waals surface area contributed by atoms with E-state index in [1.165, 1.54) is 69.9 Å². The van der Waals surface area contributed by atoms with Crippen molar-refractivity contribution in [2.75, 3.05) is 24.6 Å². The second kappa shape index (κ2) is 23.7. The van der Waals surface area contributed by atoms with Crippen LogP contribution in [0.5, 0.6) is 0 Å². The maximum Gasteiger partial charge on any atom is 0.220 e. The van der Waals surface area contributed by atoms with E-state index in [0.29, 0.717) is 13.0 Å². The first-order valence-electron chi connectivity index (χ1n) is 16.2. The number of carbonyl (C=O) groups excluding carboxylic acids is 3. The van der Waals surface area contributed by atoms with Gasteiger partial charge in [-0.15, -0.1) is 0 Å². The molecule has 1 rings (SSSR count). The summed E-state index contributed by atoms with van der Waals surface area (Å²) in [5, 5.41) is 6.98. The van der Waals surface area contributed by atoms with Crippen LogP contribution in [0.25, 0.3) is 0 Å². The zero-order valence-corrected chi connectivity index (χ0v) is 26.8. The number of hydrazine groups is 1. The Bertz CT molecular complexity index is 876. The number of Topliss-reactive ketones (excluding diaryl/α,β-unsaturated/α-hetero) is 2. The molecule has 0 aromatic carbocycles. The molecule has 10 heteroatoms. The van der Waals surface area contributed by atoms with E-state index in [1.807, 2.05) is 6.92 Å². The molecule has 0 saturated heterocycles. The van der Waals surface area contributed by atoms with Gasteiger partial charge in [-0.2, -0.15) is 5.10 Å². The third kappa shape index (κ3) is 22.5. The minimum Gasteiger partial charge on any atom is -0.356 e. The number of nitrogens with one attached hydrogen (secondary N) is 3. The topological polar surface area (TPSA) is 134 Å². The first kappa shape index (κ1) is 37.2. The molecule has 1 amide bonds. The van der Waals surface area contributed by atoms with E-state index in [4.69, 9.17) is 0 Å². The van der Waals surface area contributed by atoms with E-state index in [2.05, 4.69) is 21.4 Å². The Balaban J connectivity index is 1.88. The molecule has 1 heterocycles. The van der Waals surface area contributed by atoms with Crippen LogP contribution in [0, 0.1) is 5.92 Å². The summed E-state index contributed by atoms with van der Waals surface area (Å²) < 4.78 is 24.5. The summed E-state index contributed by atoms with van der Waals surface area (Å²) in [4.78, 5) is 35.3. The van der Waals surface area contributed by atoms with Crippen LogP contribution in [-0.4, -0.2) is 56.2 Å². The lowest BCUT2D eigenvalue weighted by Gasteiger charge is -2.08. The van der Waals surface area contributed by atoms with Crippen molar-refractivity contribution in [1.82, 2.24) is 16.3 Å². The standard InChI is InChI=1S/C31H58N4O5S/c1-27(28(2)36)19-16-17-23-32-31(38)22-18-24-41(39,40)26-30(37)21-15-13-11-9-7-5-3-4-6-8-10-12-14-20-29-25-33-35-34-29/h27,33,35H,3-26H2,1-2H3,(H,32,38)/t27-/m1/s1. The van der Waals surface area contributed by atoms with Crippen molar-refractivity contribution >= 4 is 33.0 Å². The second-order valence-corrected chi connectivity index (χ2v) is 14.0. The van der Waals surface area contributed by atoms with Crippen LogP contribution in [0.4, 0.5) is 0 Å². The number of hydrogen-bond acceptors (Lipinski definition) is 8. The molecule has 41 heavy (non-hydrogen) atoms. The van der Waals surface area contributed by atoms with Crippen molar-refractivity contribution in [3.63, 3.8) is 0 Å². The predicted octanol–water partition coefficient (Wildman–Crippen LogP) is 5.58. The highest BCUT2D eigenvalue weighted by Crippen LogP contribution is 2.14. The van der Waals surface area contributed by atoms with Crippen LogP contribution in [0.1, 0.15) is 142 Å². The van der Waals surface area contributed by atoms with E-state index in [9.17, 15) is 22.8 Å². The Morgan fingerprint density at radius 1 is 0.805 bits per heavy atom. The Morgan fingerprint density at radius 3 is 1.95 bits per heavy atom. The smallest absolute Gasteiger partial charge is 0.220 e. The van der Waals surface area contributed by atoms with Gasteiger partial charge in [-0.1, -0.05) is 84.0 Å². The maximum atomic E-state index is 12.2. The van der Waals surface area contributed by atoms with Crippen molar-refractivity contribution in [3.05, 3.63) is 0 Å². The van der Waals surface area contributed by atoms with Gasteiger partial charge in [-0.05, 0) is 45.4 Å². The van der Waals surface area contributed by atoms with Gasteiger partial charge in [0.25, 0.3) is 0 Å². The number of amides is 1. The van der Waals surface area contributed by atoms with E-state index in [-0.39, 0.29) is 42.0 Å². The summed E-state index contributed by atoms with van der Waals surface area (Å²) in [7, 11) is -3.47. The molecule has 0 fully saturated rings. The third-order valence-corrected chi connectivity index (χ3v) is 9.50. The van der Waals surface area contributed by atoms with E-state index < -0.39 is 15.6 Å². The Labute approximate surface area is 249 Å². The van der Waals surface area contributed by atoms with E-state index in [0.717, 1.165) is 51.5 Å².